The average Bonchev–Trinajstić information content (AvgIpc) is 2.70. The van der Waals surface area contributed by atoms with Gasteiger partial charge in [-0.3, -0.25) is 4.79 Å². The Bertz CT molecular complexity index is 492. The van der Waals surface area contributed by atoms with E-state index in [9.17, 15) is 4.79 Å². The number of halogens is 1. The molecule has 1 aromatic rings. The number of benzene rings is 1. The second-order valence-corrected chi connectivity index (χ2v) is 6.00. The summed E-state index contributed by atoms with van der Waals surface area (Å²) in [4.78, 5) is 17.0. The fourth-order valence-electron chi connectivity index (χ4n) is 2.53. The second-order valence-electron chi connectivity index (χ2n) is 5.57. The molecule has 1 aliphatic heterocycles. The Kier molecular flexibility index (Phi) is 5.88. The minimum Gasteiger partial charge on any atom is -0.384 e. The lowest BCUT2D eigenvalue weighted by molar-refractivity contribution is 0.0764. The SMILES string of the molecule is CCCNc1ccc(Cl)cc1C(=O)N1CCCN(C)CC1. The maximum absolute atomic E-state index is 12.8. The molecule has 1 N–H and O–H groups in total. The highest BCUT2D eigenvalue weighted by Crippen LogP contribution is 2.23. The third-order valence-electron chi connectivity index (χ3n) is 3.78. The van der Waals surface area contributed by atoms with Crippen molar-refractivity contribution < 1.29 is 4.79 Å². The number of rotatable bonds is 4. The molecule has 1 fully saturated rings. The van der Waals surface area contributed by atoms with Crippen LogP contribution in [0, 0.1) is 0 Å². The molecule has 0 radical (unpaired) electrons. The summed E-state index contributed by atoms with van der Waals surface area (Å²) in [6.45, 7) is 6.50. The molecule has 1 heterocycles. The van der Waals surface area contributed by atoms with Crippen LogP contribution in [0.1, 0.15) is 30.1 Å². The van der Waals surface area contributed by atoms with Gasteiger partial charge >= 0.3 is 0 Å². The van der Waals surface area contributed by atoms with Crippen LogP contribution in [0.5, 0.6) is 0 Å². The van der Waals surface area contributed by atoms with Gasteiger partial charge in [-0.05, 0) is 44.6 Å². The van der Waals surface area contributed by atoms with E-state index in [1.807, 2.05) is 17.0 Å². The number of hydrogen-bond donors (Lipinski definition) is 1. The molecule has 1 aromatic carbocycles. The Hall–Kier alpha value is -1.26. The molecule has 1 saturated heterocycles. The van der Waals surface area contributed by atoms with Crippen LogP contribution >= 0.6 is 11.6 Å². The van der Waals surface area contributed by atoms with Gasteiger partial charge in [0.15, 0.2) is 0 Å². The monoisotopic (exact) mass is 309 g/mol. The number of anilines is 1. The van der Waals surface area contributed by atoms with Crippen LogP contribution in [0.3, 0.4) is 0 Å². The first-order chi connectivity index (χ1) is 10.1. The van der Waals surface area contributed by atoms with E-state index in [4.69, 9.17) is 11.6 Å². The van der Waals surface area contributed by atoms with Crippen molar-refractivity contribution >= 4 is 23.2 Å². The van der Waals surface area contributed by atoms with E-state index in [0.717, 1.165) is 51.3 Å². The number of carbonyl (C=O) groups excluding carboxylic acids is 1. The Morgan fingerprint density at radius 2 is 2.10 bits per heavy atom. The highest BCUT2D eigenvalue weighted by molar-refractivity contribution is 6.31. The first kappa shape index (κ1) is 16.1. The minimum atomic E-state index is 0.0754. The van der Waals surface area contributed by atoms with Crippen LogP contribution in [-0.2, 0) is 0 Å². The molecule has 0 saturated carbocycles. The topological polar surface area (TPSA) is 35.6 Å². The van der Waals surface area contributed by atoms with E-state index in [-0.39, 0.29) is 5.91 Å². The van der Waals surface area contributed by atoms with Crippen molar-refractivity contribution in [2.75, 3.05) is 45.1 Å². The molecule has 0 atom stereocenters. The summed E-state index contributed by atoms with van der Waals surface area (Å²) in [5, 5.41) is 3.92. The Morgan fingerprint density at radius 1 is 1.29 bits per heavy atom. The quantitative estimate of drug-likeness (QED) is 0.929. The molecule has 0 bridgehead atoms. The zero-order valence-corrected chi connectivity index (χ0v) is 13.6. The van der Waals surface area contributed by atoms with E-state index in [2.05, 4.69) is 24.2 Å². The predicted octanol–water partition coefficient (Wildman–Crippen LogP) is 2.94. The van der Waals surface area contributed by atoms with Crippen molar-refractivity contribution in [1.29, 1.82) is 0 Å². The molecular formula is C16H24ClN3O. The zero-order valence-electron chi connectivity index (χ0n) is 12.9. The molecular weight excluding hydrogens is 286 g/mol. The lowest BCUT2D eigenvalue weighted by Crippen LogP contribution is -2.34. The number of nitrogens with zero attached hydrogens (tertiary/aromatic N) is 2. The number of nitrogens with one attached hydrogen (secondary N) is 1. The molecule has 1 aliphatic rings. The summed E-state index contributed by atoms with van der Waals surface area (Å²) < 4.78 is 0. The molecule has 0 spiro atoms. The van der Waals surface area contributed by atoms with Crippen molar-refractivity contribution in [3.05, 3.63) is 28.8 Å². The van der Waals surface area contributed by atoms with Crippen LogP contribution in [-0.4, -0.2) is 55.5 Å². The third-order valence-corrected chi connectivity index (χ3v) is 4.02. The van der Waals surface area contributed by atoms with E-state index >= 15 is 0 Å². The van der Waals surface area contributed by atoms with E-state index in [0.29, 0.717) is 10.6 Å². The number of carbonyl (C=O) groups is 1. The van der Waals surface area contributed by atoms with Crippen molar-refractivity contribution in [2.45, 2.75) is 19.8 Å². The summed E-state index contributed by atoms with van der Waals surface area (Å²) in [5.41, 5.74) is 1.56. The van der Waals surface area contributed by atoms with Crippen LogP contribution in [0.4, 0.5) is 5.69 Å². The first-order valence-corrected chi connectivity index (χ1v) is 8.01. The molecule has 4 nitrogen and oxygen atoms in total. The highest BCUT2D eigenvalue weighted by atomic mass is 35.5. The smallest absolute Gasteiger partial charge is 0.256 e. The van der Waals surface area contributed by atoms with Gasteiger partial charge in [0.1, 0.15) is 0 Å². The zero-order chi connectivity index (χ0) is 15.2. The summed E-state index contributed by atoms with van der Waals surface area (Å²) in [6.07, 6.45) is 2.03. The van der Waals surface area contributed by atoms with Crippen LogP contribution in [0.15, 0.2) is 18.2 Å². The van der Waals surface area contributed by atoms with Gasteiger partial charge in [0.25, 0.3) is 5.91 Å². The molecule has 21 heavy (non-hydrogen) atoms. The third kappa shape index (κ3) is 4.35. The van der Waals surface area contributed by atoms with Crippen molar-refractivity contribution in [2.24, 2.45) is 0 Å². The standard InChI is InChI=1S/C16H24ClN3O/c1-3-7-18-15-6-5-13(17)12-14(15)16(21)20-9-4-8-19(2)10-11-20/h5-6,12,18H,3-4,7-11H2,1-2H3. The predicted molar refractivity (Wildman–Crippen MR) is 88.3 cm³/mol. The Balaban J connectivity index is 2.18. The van der Waals surface area contributed by atoms with Crippen LogP contribution in [0.25, 0.3) is 0 Å². The van der Waals surface area contributed by atoms with Gasteiger partial charge in [-0.2, -0.15) is 0 Å². The molecule has 0 aromatic heterocycles. The summed E-state index contributed by atoms with van der Waals surface area (Å²) in [6, 6.07) is 5.50. The number of amides is 1. The average molecular weight is 310 g/mol. The van der Waals surface area contributed by atoms with E-state index in [1.165, 1.54) is 0 Å². The van der Waals surface area contributed by atoms with E-state index in [1.54, 1.807) is 6.07 Å². The van der Waals surface area contributed by atoms with Crippen LogP contribution < -0.4 is 5.32 Å². The first-order valence-electron chi connectivity index (χ1n) is 7.63. The molecule has 0 unspecified atom stereocenters. The van der Waals surface area contributed by atoms with Gasteiger partial charge < -0.3 is 15.1 Å². The molecule has 5 heteroatoms. The summed E-state index contributed by atoms with van der Waals surface area (Å²) >= 11 is 6.08. The fraction of sp³-hybridized carbons (Fsp3) is 0.562. The maximum Gasteiger partial charge on any atom is 0.256 e. The molecule has 116 valence electrons. The van der Waals surface area contributed by atoms with Gasteiger partial charge in [-0.1, -0.05) is 18.5 Å². The Morgan fingerprint density at radius 3 is 2.86 bits per heavy atom. The van der Waals surface area contributed by atoms with Gasteiger partial charge in [-0.25, -0.2) is 0 Å². The minimum absolute atomic E-state index is 0.0754. The summed E-state index contributed by atoms with van der Waals surface area (Å²) in [5.74, 6) is 0.0754. The maximum atomic E-state index is 12.8. The molecule has 2 rings (SSSR count). The van der Waals surface area contributed by atoms with Crippen molar-refractivity contribution in [1.82, 2.24) is 9.80 Å². The lowest BCUT2D eigenvalue weighted by atomic mass is 10.1. The molecule has 0 aliphatic carbocycles. The molecule has 1 amide bonds. The normalized spacial score (nSPS) is 16.6. The van der Waals surface area contributed by atoms with Gasteiger partial charge in [0.2, 0.25) is 0 Å². The van der Waals surface area contributed by atoms with E-state index < -0.39 is 0 Å². The number of likely N-dealkylation sites (N-methyl/N-ethyl adjacent to an activating group) is 1. The largest absolute Gasteiger partial charge is 0.384 e. The highest BCUT2D eigenvalue weighted by Gasteiger charge is 2.21. The van der Waals surface area contributed by atoms with Crippen molar-refractivity contribution in [3.8, 4) is 0 Å². The van der Waals surface area contributed by atoms with Crippen molar-refractivity contribution in [3.63, 3.8) is 0 Å². The van der Waals surface area contributed by atoms with Gasteiger partial charge in [0.05, 0.1) is 5.56 Å². The fourth-order valence-corrected chi connectivity index (χ4v) is 2.70. The van der Waals surface area contributed by atoms with Crippen LogP contribution in [0.2, 0.25) is 5.02 Å². The summed E-state index contributed by atoms with van der Waals surface area (Å²) in [7, 11) is 2.10. The van der Waals surface area contributed by atoms with Gasteiger partial charge in [0, 0.05) is 36.9 Å². The number of hydrogen-bond acceptors (Lipinski definition) is 3. The second kappa shape index (κ2) is 7.66. The lowest BCUT2D eigenvalue weighted by Gasteiger charge is -2.22. The van der Waals surface area contributed by atoms with Gasteiger partial charge in [-0.15, -0.1) is 0 Å². The Labute approximate surface area is 132 Å².